The van der Waals surface area contributed by atoms with Gasteiger partial charge in [-0.3, -0.25) is 10.1 Å². The number of benzene rings is 1. The van der Waals surface area contributed by atoms with E-state index in [0.717, 1.165) is 0 Å². The molecule has 4 nitrogen and oxygen atoms in total. The van der Waals surface area contributed by atoms with Crippen LogP contribution in [0.4, 0.5) is 4.39 Å². The number of hydrogen-bond acceptors (Lipinski definition) is 3. The van der Waals surface area contributed by atoms with Crippen LogP contribution < -0.4 is 5.32 Å². The average Bonchev–Trinajstić information content (AvgIpc) is 2.29. The summed E-state index contributed by atoms with van der Waals surface area (Å²) in [4.78, 5) is 16.0. The third kappa shape index (κ3) is 4.53. The normalized spacial score (nSPS) is 11.5. The van der Waals surface area contributed by atoms with Crippen LogP contribution in [0.2, 0.25) is 0 Å². The zero-order valence-corrected chi connectivity index (χ0v) is 10.7. The minimum absolute atomic E-state index is 0.0140. The second-order valence-corrected chi connectivity index (χ2v) is 3.92. The van der Waals surface area contributed by atoms with Gasteiger partial charge in [0.2, 0.25) is 0 Å². The highest BCUT2D eigenvalue weighted by molar-refractivity contribution is 6.04. The van der Waals surface area contributed by atoms with Crippen LogP contribution in [-0.4, -0.2) is 24.6 Å². The fraction of sp³-hybridized carbons (Fsp3) is 0.385. The van der Waals surface area contributed by atoms with E-state index >= 15 is 0 Å². The zero-order chi connectivity index (χ0) is 13.5. The Morgan fingerprint density at radius 1 is 1.39 bits per heavy atom. The summed E-state index contributed by atoms with van der Waals surface area (Å²) < 4.78 is 17.9. The molecule has 1 aromatic rings. The van der Waals surface area contributed by atoms with Gasteiger partial charge in [-0.05, 0) is 45.0 Å². The molecule has 0 fully saturated rings. The lowest BCUT2D eigenvalue weighted by molar-refractivity contribution is 0.0966. The Balaban J connectivity index is 2.75. The number of nitrogens with one attached hydrogen (secondary N) is 1. The standard InChI is InChI=1S/C13H17FN2O2/c1-4-18-13(15-9(2)3)16-12(17)10-5-7-11(14)8-6-10/h5-9H,4H2,1-3H3,(H,15,16,17). The summed E-state index contributed by atoms with van der Waals surface area (Å²) in [5.41, 5.74) is 0.354. The topological polar surface area (TPSA) is 50.7 Å². The molecule has 0 bridgehead atoms. The Morgan fingerprint density at radius 3 is 2.50 bits per heavy atom. The highest BCUT2D eigenvalue weighted by atomic mass is 19.1. The third-order valence-electron chi connectivity index (χ3n) is 1.98. The minimum atomic E-state index is -0.382. The van der Waals surface area contributed by atoms with Crippen molar-refractivity contribution in [3.05, 3.63) is 35.6 Å². The van der Waals surface area contributed by atoms with Crippen LogP contribution in [0, 0.1) is 5.82 Å². The van der Waals surface area contributed by atoms with E-state index < -0.39 is 0 Å². The summed E-state index contributed by atoms with van der Waals surface area (Å²) in [5.74, 6) is -0.754. The van der Waals surface area contributed by atoms with Crippen molar-refractivity contribution in [3.8, 4) is 0 Å². The van der Waals surface area contributed by atoms with Crippen molar-refractivity contribution in [3.63, 3.8) is 0 Å². The largest absolute Gasteiger partial charge is 0.465 e. The SMILES string of the molecule is CCOC(=NC(C)C)NC(=O)c1ccc(F)cc1. The van der Waals surface area contributed by atoms with Crippen LogP contribution in [0.15, 0.2) is 29.3 Å². The molecule has 0 radical (unpaired) electrons. The molecular formula is C13H17FN2O2. The van der Waals surface area contributed by atoms with Crippen LogP contribution in [-0.2, 0) is 4.74 Å². The number of halogens is 1. The highest BCUT2D eigenvalue weighted by Crippen LogP contribution is 2.02. The molecule has 0 spiro atoms. The molecule has 0 aliphatic carbocycles. The summed E-state index contributed by atoms with van der Waals surface area (Å²) in [6.07, 6.45) is 0. The van der Waals surface area contributed by atoms with E-state index in [-0.39, 0.29) is 23.8 Å². The summed E-state index contributed by atoms with van der Waals surface area (Å²) in [5, 5.41) is 2.55. The van der Waals surface area contributed by atoms with Crippen LogP contribution in [0.3, 0.4) is 0 Å². The quantitative estimate of drug-likeness (QED) is 0.663. The van der Waals surface area contributed by atoms with Gasteiger partial charge in [0.25, 0.3) is 11.9 Å². The monoisotopic (exact) mass is 252 g/mol. The maximum Gasteiger partial charge on any atom is 0.291 e. The molecule has 0 aliphatic rings. The second-order valence-electron chi connectivity index (χ2n) is 3.92. The molecule has 0 saturated heterocycles. The Hall–Kier alpha value is -1.91. The van der Waals surface area contributed by atoms with E-state index in [0.29, 0.717) is 12.2 Å². The number of rotatable bonds is 3. The third-order valence-corrected chi connectivity index (χ3v) is 1.98. The van der Waals surface area contributed by atoms with Gasteiger partial charge in [-0.1, -0.05) is 0 Å². The first-order chi connectivity index (χ1) is 8.52. The van der Waals surface area contributed by atoms with Gasteiger partial charge in [0.1, 0.15) is 5.82 Å². The fourth-order valence-electron chi connectivity index (χ4n) is 1.25. The summed E-state index contributed by atoms with van der Waals surface area (Å²) in [7, 11) is 0. The summed E-state index contributed by atoms with van der Waals surface area (Å²) >= 11 is 0. The molecule has 1 amide bonds. The van der Waals surface area contributed by atoms with Crippen LogP contribution in [0.1, 0.15) is 31.1 Å². The Morgan fingerprint density at radius 2 is 2.00 bits per heavy atom. The maximum absolute atomic E-state index is 12.7. The molecule has 98 valence electrons. The van der Waals surface area contributed by atoms with Crippen molar-refractivity contribution in [2.45, 2.75) is 26.8 Å². The van der Waals surface area contributed by atoms with Crippen molar-refractivity contribution in [1.29, 1.82) is 0 Å². The first-order valence-corrected chi connectivity index (χ1v) is 5.80. The average molecular weight is 252 g/mol. The van der Waals surface area contributed by atoms with Crippen molar-refractivity contribution in [1.82, 2.24) is 5.32 Å². The number of carbonyl (C=O) groups is 1. The van der Waals surface area contributed by atoms with E-state index in [1.165, 1.54) is 24.3 Å². The molecule has 0 aromatic heterocycles. The lowest BCUT2D eigenvalue weighted by Gasteiger charge is -2.10. The van der Waals surface area contributed by atoms with Gasteiger partial charge in [0, 0.05) is 11.6 Å². The van der Waals surface area contributed by atoms with Crippen molar-refractivity contribution >= 4 is 11.9 Å². The van der Waals surface area contributed by atoms with Gasteiger partial charge in [0.15, 0.2) is 0 Å². The molecule has 0 aliphatic heterocycles. The molecule has 5 heteroatoms. The zero-order valence-electron chi connectivity index (χ0n) is 10.7. The molecule has 0 atom stereocenters. The fourth-order valence-corrected chi connectivity index (χ4v) is 1.25. The van der Waals surface area contributed by atoms with Gasteiger partial charge in [-0.15, -0.1) is 0 Å². The second kappa shape index (κ2) is 6.74. The number of ether oxygens (including phenoxy) is 1. The Kier molecular flexibility index (Phi) is 5.30. The molecule has 0 heterocycles. The van der Waals surface area contributed by atoms with E-state index in [1.54, 1.807) is 6.92 Å². The lowest BCUT2D eigenvalue weighted by Crippen LogP contribution is -2.33. The minimum Gasteiger partial charge on any atom is -0.465 e. The van der Waals surface area contributed by atoms with Crippen LogP contribution >= 0.6 is 0 Å². The number of aliphatic imine (C=N–C) groups is 1. The first-order valence-electron chi connectivity index (χ1n) is 5.80. The van der Waals surface area contributed by atoms with E-state index in [1.807, 2.05) is 13.8 Å². The smallest absolute Gasteiger partial charge is 0.291 e. The van der Waals surface area contributed by atoms with Crippen molar-refractivity contribution < 1.29 is 13.9 Å². The summed E-state index contributed by atoms with van der Waals surface area (Å²) in [6, 6.07) is 5.47. The lowest BCUT2D eigenvalue weighted by atomic mass is 10.2. The molecule has 1 N–H and O–H groups in total. The van der Waals surface area contributed by atoms with Gasteiger partial charge < -0.3 is 4.74 Å². The molecule has 1 rings (SSSR count). The number of carbonyl (C=O) groups excluding carboxylic acids is 1. The first kappa shape index (κ1) is 14.2. The van der Waals surface area contributed by atoms with E-state index in [2.05, 4.69) is 10.3 Å². The van der Waals surface area contributed by atoms with E-state index in [4.69, 9.17) is 4.74 Å². The number of amides is 1. The van der Waals surface area contributed by atoms with Gasteiger partial charge in [-0.25, -0.2) is 9.38 Å². The van der Waals surface area contributed by atoms with Crippen LogP contribution in [0.5, 0.6) is 0 Å². The predicted octanol–water partition coefficient (Wildman–Crippen LogP) is 2.36. The molecule has 18 heavy (non-hydrogen) atoms. The number of nitrogens with zero attached hydrogens (tertiary/aromatic N) is 1. The Bertz CT molecular complexity index is 427. The highest BCUT2D eigenvalue weighted by Gasteiger charge is 2.10. The van der Waals surface area contributed by atoms with Gasteiger partial charge in [0.05, 0.1) is 6.61 Å². The van der Waals surface area contributed by atoms with Gasteiger partial charge in [-0.2, -0.15) is 0 Å². The summed E-state index contributed by atoms with van der Waals surface area (Å²) in [6.45, 7) is 5.97. The van der Waals surface area contributed by atoms with Gasteiger partial charge >= 0.3 is 0 Å². The Labute approximate surface area is 106 Å². The van der Waals surface area contributed by atoms with Crippen molar-refractivity contribution in [2.75, 3.05) is 6.61 Å². The maximum atomic E-state index is 12.7. The molecule has 1 aromatic carbocycles. The van der Waals surface area contributed by atoms with Crippen molar-refractivity contribution in [2.24, 2.45) is 4.99 Å². The number of amidine groups is 1. The molecule has 0 saturated carbocycles. The molecular weight excluding hydrogens is 235 g/mol. The predicted molar refractivity (Wildman–Crippen MR) is 68.1 cm³/mol. The van der Waals surface area contributed by atoms with E-state index in [9.17, 15) is 9.18 Å². The number of hydrogen-bond donors (Lipinski definition) is 1. The molecule has 0 unspecified atom stereocenters. The van der Waals surface area contributed by atoms with Crippen LogP contribution in [0.25, 0.3) is 0 Å².